The van der Waals surface area contributed by atoms with Gasteiger partial charge in [-0.15, -0.1) is 0 Å². The summed E-state index contributed by atoms with van der Waals surface area (Å²) in [6, 6.07) is 14.0. The second-order valence-electron chi connectivity index (χ2n) is 8.63. The van der Waals surface area contributed by atoms with Crippen molar-refractivity contribution in [2.45, 2.75) is 25.1 Å². The fourth-order valence-corrected chi connectivity index (χ4v) is 5.52. The number of imidazole rings is 1. The summed E-state index contributed by atoms with van der Waals surface area (Å²) in [7, 11) is 1.59. The van der Waals surface area contributed by atoms with Crippen LogP contribution < -0.4 is 11.4 Å². The number of rotatable bonds is 2. The number of halogens is 4. The van der Waals surface area contributed by atoms with Crippen LogP contribution in [0.4, 0.5) is 13.2 Å². The van der Waals surface area contributed by atoms with Crippen LogP contribution in [0.5, 0.6) is 0 Å². The van der Waals surface area contributed by atoms with Gasteiger partial charge in [0.1, 0.15) is 0 Å². The van der Waals surface area contributed by atoms with Gasteiger partial charge in [-0.05, 0) is 60.4 Å². The Hall–Kier alpha value is -3.53. The maximum Gasteiger partial charge on any atom is 0.419 e. The summed E-state index contributed by atoms with van der Waals surface area (Å²) in [5.41, 5.74) is 2.30. The number of aryl methyl sites for hydroxylation is 1. The van der Waals surface area contributed by atoms with Crippen molar-refractivity contribution in [2.24, 2.45) is 7.05 Å². The Morgan fingerprint density at radius 2 is 1.77 bits per heavy atom. The lowest BCUT2D eigenvalue weighted by molar-refractivity contribution is -0.138. The van der Waals surface area contributed by atoms with E-state index in [9.17, 15) is 22.8 Å². The van der Waals surface area contributed by atoms with Crippen molar-refractivity contribution in [1.82, 2.24) is 13.7 Å². The topological polar surface area (TPSA) is 62.1 Å². The van der Waals surface area contributed by atoms with Crippen molar-refractivity contribution in [3.8, 4) is 5.69 Å². The molecule has 35 heavy (non-hydrogen) atoms. The molecule has 0 unspecified atom stereocenters. The van der Waals surface area contributed by atoms with E-state index in [1.807, 2.05) is 0 Å². The van der Waals surface area contributed by atoms with Gasteiger partial charge in [0.2, 0.25) is 0 Å². The molecule has 3 aromatic carbocycles. The number of alkyl halides is 3. The van der Waals surface area contributed by atoms with Gasteiger partial charge in [-0.3, -0.25) is 13.7 Å². The SMILES string of the molecule is Cn1c(=O)oc2cc(-n3c(=O)n([C@@H]4CCc5c4cccc5C(F)(F)F)c4ccc(Br)cc43)ccc21. The molecule has 1 aliphatic carbocycles. The summed E-state index contributed by atoms with van der Waals surface area (Å²) in [6.07, 6.45) is -3.85. The summed E-state index contributed by atoms with van der Waals surface area (Å²) in [4.78, 5) is 25.8. The minimum absolute atomic E-state index is 0.229. The van der Waals surface area contributed by atoms with Crippen LogP contribution in [0.25, 0.3) is 27.8 Å². The molecule has 6 rings (SSSR count). The number of benzene rings is 3. The Kier molecular flexibility index (Phi) is 4.70. The van der Waals surface area contributed by atoms with Gasteiger partial charge >= 0.3 is 17.6 Å². The maximum absolute atomic E-state index is 13.9. The van der Waals surface area contributed by atoms with E-state index in [2.05, 4.69) is 15.9 Å². The molecule has 0 radical (unpaired) electrons. The first kappa shape index (κ1) is 22.0. The monoisotopic (exact) mass is 543 g/mol. The van der Waals surface area contributed by atoms with Crippen LogP contribution in [-0.2, 0) is 19.6 Å². The van der Waals surface area contributed by atoms with E-state index in [0.29, 0.717) is 39.8 Å². The Bertz CT molecular complexity index is 1770. The van der Waals surface area contributed by atoms with Crippen molar-refractivity contribution in [2.75, 3.05) is 0 Å². The Morgan fingerprint density at radius 1 is 1.00 bits per heavy atom. The summed E-state index contributed by atoms with van der Waals surface area (Å²) >= 11 is 3.45. The molecule has 0 aliphatic heterocycles. The molecule has 0 saturated heterocycles. The van der Waals surface area contributed by atoms with Gasteiger partial charge in [-0.2, -0.15) is 13.2 Å². The molecule has 1 atom stereocenters. The summed E-state index contributed by atoms with van der Waals surface area (Å²) < 4.78 is 51.4. The minimum atomic E-state index is -4.46. The summed E-state index contributed by atoms with van der Waals surface area (Å²) in [5, 5.41) is 0. The predicted molar refractivity (Wildman–Crippen MR) is 128 cm³/mol. The second kappa shape index (κ2) is 7.48. The van der Waals surface area contributed by atoms with Gasteiger partial charge in [0.15, 0.2) is 5.58 Å². The molecule has 0 bridgehead atoms. The molecule has 0 N–H and O–H groups in total. The molecule has 2 aromatic heterocycles. The van der Waals surface area contributed by atoms with Crippen LogP contribution in [-0.4, -0.2) is 13.7 Å². The van der Waals surface area contributed by atoms with Crippen LogP contribution in [0, 0.1) is 0 Å². The molecular weight excluding hydrogens is 527 g/mol. The highest BCUT2D eigenvalue weighted by Crippen LogP contribution is 2.42. The van der Waals surface area contributed by atoms with Crippen molar-refractivity contribution < 1.29 is 17.6 Å². The van der Waals surface area contributed by atoms with Gasteiger partial charge in [0.25, 0.3) is 0 Å². The fourth-order valence-electron chi connectivity index (χ4n) is 5.17. The fraction of sp³-hybridized carbons (Fsp3) is 0.200. The number of fused-ring (bicyclic) bond motifs is 3. The van der Waals surface area contributed by atoms with E-state index < -0.39 is 23.5 Å². The number of hydrogen-bond donors (Lipinski definition) is 0. The molecule has 5 aromatic rings. The highest BCUT2D eigenvalue weighted by atomic mass is 79.9. The van der Waals surface area contributed by atoms with Crippen LogP contribution in [0.2, 0.25) is 0 Å². The van der Waals surface area contributed by atoms with Crippen molar-refractivity contribution >= 4 is 38.1 Å². The molecular formula is C25H17BrF3N3O3. The van der Waals surface area contributed by atoms with E-state index in [0.717, 1.165) is 10.5 Å². The number of oxazole rings is 1. The van der Waals surface area contributed by atoms with E-state index in [1.54, 1.807) is 54.1 Å². The first-order valence-corrected chi connectivity index (χ1v) is 11.7. The average molecular weight is 544 g/mol. The van der Waals surface area contributed by atoms with Gasteiger partial charge in [0, 0.05) is 17.6 Å². The van der Waals surface area contributed by atoms with E-state index in [-0.39, 0.29) is 17.7 Å². The average Bonchev–Trinajstić information content (AvgIpc) is 3.43. The maximum atomic E-state index is 13.9. The van der Waals surface area contributed by atoms with Gasteiger partial charge in [-0.25, -0.2) is 9.59 Å². The Balaban J connectivity index is 1.61. The minimum Gasteiger partial charge on any atom is -0.408 e. The third kappa shape index (κ3) is 3.23. The lowest BCUT2D eigenvalue weighted by Gasteiger charge is -2.16. The molecule has 0 saturated carbocycles. The van der Waals surface area contributed by atoms with Crippen LogP contribution in [0.3, 0.4) is 0 Å². The van der Waals surface area contributed by atoms with Gasteiger partial charge < -0.3 is 4.42 Å². The highest BCUT2D eigenvalue weighted by molar-refractivity contribution is 9.10. The number of hydrogen-bond acceptors (Lipinski definition) is 3. The third-order valence-corrected chi connectivity index (χ3v) is 7.22. The second-order valence-corrected chi connectivity index (χ2v) is 9.54. The standard InChI is InChI=1S/C25H17BrF3N3O3/c1-30-20-9-6-14(12-22(20)35-24(30)34)31-21-11-13(26)5-8-19(21)32(23(31)33)18-10-7-15-16(18)3-2-4-17(15)25(27,28)29/h2-6,8-9,11-12,18H,7,10H2,1H3/t18-/m1/s1. The third-order valence-electron chi connectivity index (χ3n) is 6.73. The quantitative estimate of drug-likeness (QED) is 0.293. The molecule has 6 nitrogen and oxygen atoms in total. The summed E-state index contributed by atoms with van der Waals surface area (Å²) in [6.45, 7) is 0. The highest BCUT2D eigenvalue weighted by Gasteiger charge is 2.38. The lowest BCUT2D eigenvalue weighted by atomic mass is 10.0. The first-order valence-electron chi connectivity index (χ1n) is 10.9. The molecule has 0 amide bonds. The van der Waals surface area contributed by atoms with Crippen LogP contribution in [0.1, 0.15) is 29.2 Å². The normalized spacial score (nSPS) is 15.9. The van der Waals surface area contributed by atoms with E-state index in [1.165, 1.54) is 15.2 Å². The lowest BCUT2D eigenvalue weighted by Crippen LogP contribution is -2.26. The molecule has 178 valence electrons. The van der Waals surface area contributed by atoms with Crippen LogP contribution in [0.15, 0.2) is 73.1 Å². The molecule has 1 aliphatic rings. The van der Waals surface area contributed by atoms with E-state index in [4.69, 9.17) is 4.42 Å². The molecule has 10 heteroatoms. The summed E-state index contributed by atoms with van der Waals surface area (Å²) in [5.74, 6) is -0.516. The molecule has 0 fully saturated rings. The van der Waals surface area contributed by atoms with E-state index >= 15 is 0 Å². The van der Waals surface area contributed by atoms with Crippen molar-refractivity contribution in [3.05, 3.63) is 96.8 Å². The van der Waals surface area contributed by atoms with Gasteiger partial charge in [-0.1, -0.05) is 28.1 Å². The zero-order valence-electron chi connectivity index (χ0n) is 18.3. The Morgan fingerprint density at radius 3 is 2.54 bits per heavy atom. The van der Waals surface area contributed by atoms with Crippen molar-refractivity contribution in [1.29, 1.82) is 0 Å². The van der Waals surface area contributed by atoms with Crippen molar-refractivity contribution in [3.63, 3.8) is 0 Å². The predicted octanol–water partition coefficient (Wildman–Crippen LogP) is 5.55. The molecule has 0 spiro atoms. The smallest absolute Gasteiger partial charge is 0.408 e. The zero-order chi connectivity index (χ0) is 24.6. The largest absolute Gasteiger partial charge is 0.419 e. The molecule has 2 heterocycles. The zero-order valence-corrected chi connectivity index (χ0v) is 19.9. The van der Waals surface area contributed by atoms with Crippen LogP contribution >= 0.6 is 15.9 Å². The van der Waals surface area contributed by atoms with Gasteiger partial charge in [0.05, 0.1) is 33.8 Å². The first-order chi connectivity index (χ1) is 16.6. The Labute approximate surface area is 203 Å². The number of nitrogens with zero attached hydrogens (tertiary/aromatic N) is 3. The number of aromatic nitrogens is 3.